The van der Waals surface area contributed by atoms with Crippen molar-refractivity contribution in [2.24, 2.45) is 11.7 Å². The van der Waals surface area contributed by atoms with Crippen molar-refractivity contribution in [1.82, 2.24) is 5.32 Å². The van der Waals surface area contributed by atoms with E-state index in [1.54, 1.807) is 24.3 Å². The van der Waals surface area contributed by atoms with Crippen molar-refractivity contribution in [3.63, 3.8) is 0 Å². The quantitative estimate of drug-likeness (QED) is 0.706. The summed E-state index contributed by atoms with van der Waals surface area (Å²) in [5.41, 5.74) is 7.18. The highest BCUT2D eigenvalue weighted by Crippen LogP contribution is 2.23. The summed E-state index contributed by atoms with van der Waals surface area (Å²) in [7, 11) is 1.34. The molecule has 0 unspecified atom stereocenters. The molecule has 1 aliphatic rings. The van der Waals surface area contributed by atoms with E-state index in [1.165, 1.54) is 7.11 Å². The fraction of sp³-hybridized carbons (Fsp3) is 0.500. The van der Waals surface area contributed by atoms with E-state index in [4.69, 9.17) is 5.73 Å². The lowest BCUT2D eigenvalue weighted by atomic mass is 9.83. The Bertz CT molecular complexity index is 529. The third kappa shape index (κ3) is 4.05. The summed E-state index contributed by atoms with van der Waals surface area (Å²) in [6.45, 7) is 0.397. The van der Waals surface area contributed by atoms with Gasteiger partial charge in [0.25, 0.3) is 0 Å². The Balaban J connectivity index is 1.85. The Hall–Kier alpha value is -1.92. The van der Waals surface area contributed by atoms with Crippen LogP contribution < -0.4 is 11.1 Å². The molecule has 0 spiro atoms. The summed E-state index contributed by atoms with van der Waals surface area (Å²) in [6.07, 6.45) is 1.22. The van der Waals surface area contributed by atoms with E-state index in [0.29, 0.717) is 31.4 Å². The fourth-order valence-corrected chi connectivity index (χ4v) is 2.64. The molecule has 0 heterocycles. The molecule has 3 atom stereocenters. The summed E-state index contributed by atoms with van der Waals surface area (Å²) >= 11 is 0. The van der Waals surface area contributed by atoms with Gasteiger partial charge in [0.2, 0.25) is 5.91 Å². The van der Waals surface area contributed by atoms with Crippen LogP contribution >= 0.6 is 0 Å². The largest absolute Gasteiger partial charge is 0.465 e. The predicted octanol–water partition coefficient (Wildman–Crippen LogP) is 0.578. The van der Waals surface area contributed by atoms with E-state index in [2.05, 4.69) is 10.1 Å². The molecule has 0 radical (unpaired) electrons. The number of benzene rings is 1. The number of ether oxygens (including phenoxy) is 1. The normalized spacial score (nSPS) is 24.6. The molecule has 4 N–H and O–H groups in total. The maximum absolute atomic E-state index is 12.1. The van der Waals surface area contributed by atoms with Crippen molar-refractivity contribution in [2.45, 2.75) is 38.0 Å². The Morgan fingerprint density at radius 1 is 1.32 bits per heavy atom. The first kappa shape index (κ1) is 16.5. The molecular weight excluding hydrogens is 284 g/mol. The monoisotopic (exact) mass is 306 g/mol. The fourth-order valence-electron chi connectivity index (χ4n) is 2.64. The number of methoxy groups -OCH3 is 1. The van der Waals surface area contributed by atoms with Gasteiger partial charge in [-0.15, -0.1) is 0 Å². The van der Waals surface area contributed by atoms with Gasteiger partial charge in [0, 0.05) is 18.5 Å². The average Bonchev–Trinajstić information content (AvgIpc) is 2.54. The number of amides is 1. The van der Waals surface area contributed by atoms with Crippen LogP contribution in [0.4, 0.5) is 0 Å². The smallest absolute Gasteiger partial charge is 0.337 e. The third-order valence-corrected chi connectivity index (χ3v) is 4.07. The summed E-state index contributed by atoms with van der Waals surface area (Å²) < 4.78 is 4.63. The van der Waals surface area contributed by atoms with Gasteiger partial charge in [-0.25, -0.2) is 4.79 Å². The van der Waals surface area contributed by atoms with Crippen LogP contribution in [0.15, 0.2) is 24.3 Å². The Morgan fingerprint density at radius 2 is 2.00 bits per heavy atom. The highest BCUT2D eigenvalue weighted by molar-refractivity contribution is 5.89. The van der Waals surface area contributed by atoms with Crippen molar-refractivity contribution in [2.75, 3.05) is 7.11 Å². The number of carbonyl (C=O) groups excluding carboxylic acids is 2. The van der Waals surface area contributed by atoms with E-state index >= 15 is 0 Å². The van der Waals surface area contributed by atoms with Gasteiger partial charge in [-0.2, -0.15) is 0 Å². The molecule has 1 aromatic rings. The number of aliphatic hydroxyl groups is 1. The summed E-state index contributed by atoms with van der Waals surface area (Å²) in [6, 6.07) is 6.57. The molecule has 120 valence electrons. The summed E-state index contributed by atoms with van der Waals surface area (Å²) in [5, 5.41) is 12.5. The van der Waals surface area contributed by atoms with Gasteiger partial charge in [-0.3, -0.25) is 4.79 Å². The van der Waals surface area contributed by atoms with Gasteiger partial charge in [-0.05, 0) is 37.0 Å². The molecular formula is C16H22N2O4. The van der Waals surface area contributed by atoms with Gasteiger partial charge in [0.15, 0.2) is 0 Å². The zero-order valence-electron chi connectivity index (χ0n) is 12.6. The minimum Gasteiger partial charge on any atom is -0.465 e. The minimum atomic E-state index is -0.505. The van der Waals surface area contributed by atoms with E-state index in [0.717, 1.165) is 5.56 Å². The molecule has 1 amide bonds. The SMILES string of the molecule is COC(=O)c1ccc(CNC(=O)[C@H]2CC[C@@H](O)[C@H](N)C2)cc1. The Kier molecular flexibility index (Phi) is 5.51. The molecule has 1 fully saturated rings. The van der Waals surface area contributed by atoms with Crippen molar-refractivity contribution >= 4 is 11.9 Å². The van der Waals surface area contributed by atoms with Crippen LogP contribution in [0.25, 0.3) is 0 Å². The van der Waals surface area contributed by atoms with Gasteiger partial charge in [0.1, 0.15) is 0 Å². The van der Waals surface area contributed by atoms with Crippen LogP contribution in [-0.4, -0.2) is 36.2 Å². The molecule has 6 heteroatoms. The molecule has 1 aromatic carbocycles. The van der Waals surface area contributed by atoms with Crippen LogP contribution in [0.2, 0.25) is 0 Å². The molecule has 0 aromatic heterocycles. The zero-order chi connectivity index (χ0) is 16.1. The predicted molar refractivity (Wildman–Crippen MR) is 81.0 cm³/mol. The molecule has 6 nitrogen and oxygen atoms in total. The summed E-state index contributed by atoms with van der Waals surface area (Å²) in [5.74, 6) is -0.572. The van der Waals surface area contributed by atoms with E-state index in [1.807, 2.05) is 0 Å². The van der Waals surface area contributed by atoms with Crippen molar-refractivity contribution < 1.29 is 19.4 Å². The van der Waals surface area contributed by atoms with Crippen LogP contribution in [0.5, 0.6) is 0 Å². The van der Waals surface area contributed by atoms with Crippen molar-refractivity contribution in [3.8, 4) is 0 Å². The number of carbonyl (C=O) groups is 2. The maximum Gasteiger partial charge on any atom is 0.337 e. The first-order valence-electron chi connectivity index (χ1n) is 7.40. The Labute approximate surface area is 129 Å². The minimum absolute atomic E-state index is 0.0422. The van der Waals surface area contributed by atoms with Crippen LogP contribution in [0.1, 0.15) is 35.2 Å². The Morgan fingerprint density at radius 3 is 2.59 bits per heavy atom. The van der Waals surface area contributed by atoms with Gasteiger partial charge >= 0.3 is 5.97 Å². The van der Waals surface area contributed by atoms with Crippen LogP contribution in [0, 0.1) is 5.92 Å². The molecule has 1 saturated carbocycles. The lowest BCUT2D eigenvalue weighted by Crippen LogP contribution is -2.44. The highest BCUT2D eigenvalue weighted by atomic mass is 16.5. The number of esters is 1. The molecule has 1 aliphatic carbocycles. The first-order chi connectivity index (χ1) is 10.5. The van der Waals surface area contributed by atoms with E-state index in [-0.39, 0.29) is 23.8 Å². The number of nitrogens with one attached hydrogen (secondary N) is 1. The molecule has 22 heavy (non-hydrogen) atoms. The topological polar surface area (TPSA) is 102 Å². The van der Waals surface area contributed by atoms with E-state index in [9.17, 15) is 14.7 Å². The number of nitrogens with two attached hydrogens (primary N) is 1. The average molecular weight is 306 g/mol. The van der Waals surface area contributed by atoms with Gasteiger partial charge in [-0.1, -0.05) is 12.1 Å². The van der Waals surface area contributed by atoms with E-state index < -0.39 is 6.10 Å². The number of aliphatic hydroxyl groups excluding tert-OH is 1. The molecule has 0 bridgehead atoms. The standard InChI is InChI=1S/C16H22N2O4/c1-22-16(21)11-4-2-10(3-5-11)9-18-15(20)12-6-7-14(19)13(17)8-12/h2-5,12-14,19H,6-9,17H2,1H3,(H,18,20)/t12-,13+,14+/m0/s1. The van der Waals surface area contributed by atoms with Crippen molar-refractivity contribution in [1.29, 1.82) is 0 Å². The zero-order valence-corrected chi connectivity index (χ0v) is 12.6. The van der Waals surface area contributed by atoms with Crippen molar-refractivity contribution in [3.05, 3.63) is 35.4 Å². The second kappa shape index (κ2) is 7.38. The third-order valence-electron chi connectivity index (χ3n) is 4.07. The maximum atomic E-state index is 12.1. The molecule has 2 rings (SSSR count). The molecule has 0 aliphatic heterocycles. The number of hydrogen-bond acceptors (Lipinski definition) is 5. The van der Waals surface area contributed by atoms with Gasteiger partial charge < -0.3 is 20.9 Å². The number of rotatable bonds is 4. The molecule has 0 saturated heterocycles. The number of hydrogen-bond donors (Lipinski definition) is 3. The summed E-state index contributed by atoms with van der Waals surface area (Å²) in [4.78, 5) is 23.5. The lowest BCUT2D eigenvalue weighted by Gasteiger charge is -2.30. The second-order valence-corrected chi connectivity index (χ2v) is 5.65. The lowest BCUT2D eigenvalue weighted by molar-refractivity contribution is -0.127. The highest BCUT2D eigenvalue weighted by Gasteiger charge is 2.30. The second-order valence-electron chi connectivity index (χ2n) is 5.65. The first-order valence-corrected chi connectivity index (χ1v) is 7.40. The van der Waals surface area contributed by atoms with Crippen LogP contribution in [0.3, 0.4) is 0 Å². The van der Waals surface area contributed by atoms with Gasteiger partial charge in [0.05, 0.1) is 18.8 Å². The van der Waals surface area contributed by atoms with Crippen LogP contribution in [-0.2, 0) is 16.1 Å².